The van der Waals surface area contributed by atoms with E-state index in [9.17, 15) is 4.79 Å². The summed E-state index contributed by atoms with van der Waals surface area (Å²) in [6.45, 7) is 9.08. The number of unbranched alkanes of at least 4 members (excludes halogenated alkanes) is 1. The zero-order valence-electron chi connectivity index (χ0n) is 12.3. The van der Waals surface area contributed by atoms with Crippen LogP contribution in [0.1, 0.15) is 42.6 Å². The van der Waals surface area contributed by atoms with Gasteiger partial charge in [-0.05, 0) is 19.1 Å². The van der Waals surface area contributed by atoms with Crippen molar-refractivity contribution >= 4 is 5.91 Å². The molecule has 0 aliphatic carbocycles. The molecule has 0 unspecified atom stereocenters. The van der Waals surface area contributed by atoms with Gasteiger partial charge in [-0.3, -0.25) is 4.79 Å². The Hall–Kier alpha value is -1.35. The number of carbonyl (C=O) groups is 1. The highest BCUT2D eigenvalue weighted by molar-refractivity contribution is 5.94. The topological polar surface area (TPSA) is 29.5 Å². The molecule has 1 aromatic carbocycles. The van der Waals surface area contributed by atoms with Crippen LogP contribution in [0.5, 0.6) is 0 Å². The lowest BCUT2D eigenvalue weighted by Gasteiger charge is -2.26. The molecule has 0 N–H and O–H groups in total. The standard InChI is InChI=1S/C12H15NO2.C4H10/c1-10-2-4-11(5-3-10)12(14)13-6-8-15-9-7-13;1-3-4-2/h2-5H,6-9H2,1H3;3-4H2,1-2H3. The van der Waals surface area contributed by atoms with Crippen LogP contribution in [0.3, 0.4) is 0 Å². The predicted molar refractivity (Wildman–Crippen MR) is 78.5 cm³/mol. The van der Waals surface area contributed by atoms with Crippen LogP contribution in [0.15, 0.2) is 24.3 Å². The van der Waals surface area contributed by atoms with Gasteiger partial charge in [-0.25, -0.2) is 0 Å². The number of hydrogen-bond donors (Lipinski definition) is 0. The summed E-state index contributed by atoms with van der Waals surface area (Å²) in [6.07, 6.45) is 2.64. The molecule has 3 heteroatoms. The zero-order valence-corrected chi connectivity index (χ0v) is 12.3. The SMILES string of the molecule is CCCC.Cc1ccc(C(=O)N2CCOCC2)cc1. The average Bonchev–Trinajstić information content (AvgIpc) is 2.48. The third kappa shape index (κ3) is 5.43. The van der Waals surface area contributed by atoms with Crippen molar-refractivity contribution in [2.45, 2.75) is 33.6 Å². The molecule has 1 saturated heterocycles. The molecule has 1 aliphatic rings. The Balaban J connectivity index is 0.000000399. The van der Waals surface area contributed by atoms with Crippen LogP contribution in [0.25, 0.3) is 0 Å². The molecule has 1 heterocycles. The van der Waals surface area contributed by atoms with E-state index in [1.165, 1.54) is 18.4 Å². The maximum absolute atomic E-state index is 12.0. The van der Waals surface area contributed by atoms with E-state index in [1.807, 2.05) is 36.1 Å². The minimum atomic E-state index is 0.110. The minimum Gasteiger partial charge on any atom is -0.378 e. The fraction of sp³-hybridized carbons (Fsp3) is 0.562. The van der Waals surface area contributed by atoms with Gasteiger partial charge in [-0.2, -0.15) is 0 Å². The van der Waals surface area contributed by atoms with Crippen LogP contribution in [-0.2, 0) is 4.74 Å². The molecule has 0 atom stereocenters. The first-order valence-corrected chi connectivity index (χ1v) is 7.12. The van der Waals surface area contributed by atoms with E-state index in [1.54, 1.807) is 0 Å². The molecule has 3 nitrogen and oxygen atoms in total. The molecule has 2 rings (SSSR count). The van der Waals surface area contributed by atoms with Crippen molar-refractivity contribution in [3.63, 3.8) is 0 Å². The van der Waals surface area contributed by atoms with Crippen LogP contribution >= 0.6 is 0 Å². The van der Waals surface area contributed by atoms with Gasteiger partial charge in [-0.15, -0.1) is 0 Å². The summed E-state index contributed by atoms with van der Waals surface area (Å²) < 4.78 is 5.21. The number of nitrogens with zero attached hydrogens (tertiary/aromatic N) is 1. The first-order chi connectivity index (χ1) is 9.19. The van der Waals surface area contributed by atoms with E-state index in [4.69, 9.17) is 4.74 Å². The first-order valence-electron chi connectivity index (χ1n) is 7.12. The Labute approximate surface area is 116 Å². The summed E-state index contributed by atoms with van der Waals surface area (Å²) in [4.78, 5) is 13.8. The van der Waals surface area contributed by atoms with E-state index in [2.05, 4.69) is 13.8 Å². The third-order valence-electron chi connectivity index (χ3n) is 3.10. The predicted octanol–water partition coefficient (Wildman–Crippen LogP) is 3.27. The number of amides is 1. The second-order valence-corrected chi connectivity index (χ2v) is 4.77. The largest absolute Gasteiger partial charge is 0.378 e. The quantitative estimate of drug-likeness (QED) is 0.819. The molecule has 1 amide bonds. The van der Waals surface area contributed by atoms with Gasteiger partial charge in [-0.1, -0.05) is 44.4 Å². The highest BCUT2D eigenvalue weighted by Crippen LogP contribution is 2.08. The molecule has 0 radical (unpaired) electrons. The number of benzene rings is 1. The Kier molecular flexibility index (Phi) is 7.19. The van der Waals surface area contributed by atoms with E-state index in [0.29, 0.717) is 26.3 Å². The molecule has 19 heavy (non-hydrogen) atoms. The summed E-state index contributed by atoms with van der Waals surface area (Å²) in [5.41, 5.74) is 1.94. The van der Waals surface area contributed by atoms with Crippen molar-refractivity contribution < 1.29 is 9.53 Å². The molecule has 1 aromatic rings. The number of aryl methyl sites for hydroxylation is 1. The Morgan fingerprint density at radius 1 is 1.11 bits per heavy atom. The maximum atomic E-state index is 12.0. The highest BCUT2D eigenvalue weighted by atomic mass is 16.5. The van der Waals surface area contributed by atoms with Crippen molar-refractivity contribution in [1.29, 1.82) is 0 Å². The summed E-state index contributed by atoms with van der Waals surface area (Å²) >= 11 is 0. The van der Waals surface area contributed by atoms with Gasteiger partial charge in [0.2, 0.25) is 0 Å². The van der Waals surface area contributed by atoms with Gasteiger partial charge < -0.3 is 9.64 Å². The zero-order chi connectivity index (χ0) is 14.1. The second kappa shape index (κ2) is 8.70. The molecule has 1 aliphatic heterocycles. The molecule has 1 fully saturated rings. The summed E-state index contributed by atoms with van der Waals surface area (Å²) in [5.74, 6) is 0.110. The molecular formula is C16H25NO2. The van der Waals surface area contributed by atoms with Crippen molar-refractivity contribution in [1.82, 2.24) is 4.90 Å². The highest BCUT2D eigenvalue weighted by Gasteiger charge is 2.17. The van der Waals surface area contributed by atoms with E-state index < -0.39 is 0 Å². The number of carbonyl (C=O) groups excluding carboxylic acids is 1. The smallest absolute Gasteiger partial charge is 0.254 e. The van der Waals surface area contributed by atoms with Crippen molar-refractivity contribution in [2.24, 2.45) is 0 Å². The number of rotatable bonds is 2. The van der Waals surface area contributed by atoms with Crippen molar-refractivity contribution in [2.75, 3.05) is 26.3 Å². The van der Waals surface area contributed by atoms with E-state index in [0.717, 1.165) is 5.56 Å². The van der Waals surface area contributed by atoms with Crippen LogP contribution < -0.4 is 0 Å². The summed E-state index contributed by atoms with van der Waals surface area (Å²) in [6, 6.07) is 7.70. The molecule has 106 valence electrons. The monoisotopic (exact) mass is 263 g/mol. The number of hydrogen-bond acceptors (Lipinski definition) is 2. The Morgan fingerprint density at radius 2 is 1.63 bits per heavy atom. The Morgan fingerprint density at radius 3 is 2.11 bits per heavy atom. The normalized spacial score (nSPS) is 14.6. The van der Waals surface area contributed by atoms with Crippen molar-refractivity contribution in [3.8, 4) is 0 Å². The molecular weight excluding hydrogens is 238 g/mol. The summed E-state index contributed by atoms with van der Waals surface area (Å²) in [7, 11) is 0. The van der Waals surface area contributed by atoms with Gasteiger partial charge in [0, 0.05) is 18.7 Å². The van der Waals surface area contributed by atoms with Gasteiger partial charge in [0.1, 0.15) is 0 Å². The van der Waals surface area contributed by atoms with E-state index >= 15 is 0 Å². The van der Waals surface area contributed by atoms with Gasteiger partial charge >= 0.3 is 0 Å². The van der Waals surface area contributed by atoms with Gasteiger partial charge in [0.25, 0.3) is 5.91 Å². The van der Waals surface area contributed by atoms with E-state index in [-0.39, 0.29) is 5.91 Å². The fourth-order valence-electron chi connectivity index (χ4n) is 1.65. The van der Waals surface area contributed by atoms with Gasteiger partial charge in [0.05, 0.1) is 13.2 Å². The van der Waals surface area contributed by atoms with Crippen LogP contribution in [0.2, 0.25) is 0 Å². The lowest BCUT2D eigenvalue weighted by Crippen LogP contribution is -2.40. The lowest BCUT2D eigenvalue weighted by molar-refractivity contribution is 0.0303. The molecule has 0 aromatic heterocycles. The number of morpholine rings is 1. The van der Waals surface area contributed by atoms with Crippen LogP contribution in [0.4, 0.5) is 0 Å². The van der Waals surface area contributed by atoms with Crippen molar-refractivity contribution in [3.05, 3.63) is 35.4 Å². The van der Waals surface area contributed by atoms with Crippen LogP contribution in [-0.4, -0.2) is 37.1 Å². The fourth-order valence-corrected chi connectivity index (χ4v) is 1.65. The molecule has 0 spiro atoms. The number of ether oxygens (including phenoxy) is 1. The molecule has 0 bridgehead atoms. The Bertz CT molecular complexity index is 365. The molecule has 0 saturated carbocycles. The lowest BCUT2D eigenvalue weighted by atomic mass is 10.1. The summed E-state index contributed by atoms with van der Waals surface area (Å²) in [5, 5.41) is 0. The maximum Gasteiger partial charge on any atom is 0.254 e. The van der Waals surface area contributed by atoms with Gasteiger partial charge in [0.15, 0.2) is 0 Å². The average molecular weight is 263 g/mol. The second-order valence-electron chi connectivity index (χ2n) is 4.77. The minimum absolute atomic E-state index is 0.110. The third-order valence-corrected chi connectivity index (χ3v) is 3.10. The van der Waals surface area contributed by atoms with Crippen LogP contribution in [0, 0.1) is 6.92 Å². The first kappa shape index (κ1) is 15.7.